The molecule has 2 rings (SSSR count). The van der Waals surface area contributed by atoms with Crippen molar-refractivity contribution in [3.8, 4) is 11.3 Å². The van der Waals surface area contributed by atoms with E-state index in [4.69, 9.17) is 0 Å². The Bertz CT molecular complexity index is 561. The molecule has 1 aromatic carbocycles. The van der Waals surface area contributed by atoms with Gasteiger partial charge in [0.15, 0.2) is 4.60 Å². The van der Waals surface area contributed by atoms with Gasteiger partial charge < -0.3 is 5.32 Å². The second kappa shape index (κ2) is 5.79. The van der Waals surface area contributed by atoms with Crippen molar-refractivity contribution in [3.63, 3.8) is 0 Å². The van der Waals surface area contributed by atoms with E-state index in [1.54, 1.807) is 16.8 Å². The van der Waals surface area contributed by atoms with Gasteiger partial charge in [0.05, 0.1) is 0 Å². The lowest BCUT2D eigenvalue weighted by molar-refractivity contribution is 0.581. The van der Waals surface area contributed by atoms with Crippen LogP contribution in [0.4, 0.5) is 4.39 Å². The molecule has 0 atom stereocenters. The number of halogens is 2. The molecular formula is C13H16BrFN4. The van der Waals surface area contributed by atoms with Gasteiger partial charge in [0.25, 0.3) is 0 Å². The summed E-state index contributed by atoms with van der Waals surface area (Å²) in [6.45, 7) is 4.71. The summed E-state index contributed by atoms with van der Waals surface area (Å²) >= 11 is 3.38. The van der Waals surface area contributed by atoms with Crippen molar-refractivity contribution < 1.29 is 4.39 Å². The van der Waals surface area contributed by atoms with Crippen molar-refractivity contribution in [1.82, 2.24) is 20.3 Å². The Hall–Kier alpha value is -1.27. The molecule has 0 saturated carbocycles. The van der Waals surface area contributed by atoms with E-state index >= 15 is 0 Å². The smallest absolute Gasteiger partial charge is 0.156 e. The van der Waals surface area contributed by atoms with Crippen molar-refractivity contribution in [1.29, 1.82) is 0 Å². The predicted octanol–water partition coefficient (Wildman–Crippen LogP) is 2.88. The van der Waals surface area contributed by atoms with Gasteiger partial charge in [-0.3, -0.25) is 0 Å². The quantitative estimate of drug-likeness (QED) is 0.939. The molecule has 1 N–H and O–H groups in total. The van der Waals surface area contributed by atoms with Gasteiger partial charge in [-0.05, 0) is 39.7 Å². The zero-order valence-corrected chi connectivity index (χ0v) is 12.7. The molecule has 0 radical (unpaired) electrons. The van der Waals surface area contributed by atoms with Crippen molar-refractivity contribution in [2.24, 2.45) is 7.05 Å². The van der Waals surface area contributed by atoms with E-state index in [2.05, 4.69) is 45.4 Å². The Morgan fingerprint density at radius 2 is 2.16 bits per heavy atom. The van der Waals surface area contributed by atoms with Crippen LogP contribution in [0.3, 0.4) is 0 Å². The molecule has 1 aromatic heterocycles. The Morgan fingerprint density at radius 1 is 1.42 bits per heavy atom. The molecule has 0 unspecified atom stereocenters. The highest BCUT2D eigenvalue weighted by Gasteiger charge is 2.15. The SMILES string of the molecule is CC(C)NCc1cc(F)ccc1-c1c(Br)nnn1C. The van der Waals surface area contributed by atoms with Gasteiger partial charge in [0.2, 0.25) is 0 Å². The molecule has 0 spiro atoms. The van der Waals surface area contributed by atoms with Crippen molar-refractivity contribution in [3.05, 3.63) is 34.2 Å². The highest BCUT2D eigenvalue weighted by Crippen LogP contribution is 2.29. The third-order valence-corrected chi connectivity index (χ3v) is 3.34. The van der Waals surface area contributed by atoms with Gasteiger partial charge in [-0.1, -0.05) is 19.1 Å². The van der Waals surface area contributed by atoms with Crippen LogP contribution in [-0.2, 0) is 13.6 Å². The van der Waals surface area contributed by atoms with Crippen molar-refractivity contribution in [2.45, 2.75) is 26.4 Å². The lowest BCUT2D eigenvalue weighted by Gasteiger charge is -2.13. The first-order chi connectivity index (χ1) is 8.99. The topological polar surface area (TPSA) is 42.7 Å². The van der Waals surface area contributed by atoms with E-state index in [9.17, 15) is 4.39 Å². The standard InChI is InChI=1S/C13H16BrFN4/c1-8(2)16-7-9-6-10(15)4-5-11(9)12-13(14)17-18-19(12)3/h4-6,8,16H,7H2,1-3H3. The molecule has 4 nitrogen and oxygen atoms in total. The monoisotopic (exact) mass is 326 g/mol. The molecule has 0 aliphatic rings. The number of aromatic nitrogens is 3. The van der Waals surface area contributed by atoms with Gasteiger partial charge in [0, 0.05) is 25.2 Å². The Morgan fingerprint density at radius 3 is 2.74 bits per heavy atom. The fraction of sp³-hybridized carbons (Fsp3) is 0.385. The summed E-state index contributed by atoms with van der Waals surface area (Å²) in [6, 6.07) is 5.10. The van der Waals surface area contributed by atoms with Crippen LogP contribution in [-0.4, -0.2) is 21.0 Å². The minimum atomic E-state index is -0.240. The number of aryl methyl sites for hydroxylation is 1. The first kappa shape index (κ1) is 14.1. The van der Waals surface area contributed by atoms with Crippen LogP contribution in [0.15, 0.2) is 22.8 Å². The molecular weight excluding hydrogens is 311 g/mol. The molecule has 0 aliphatic carbocycles. The van der Waals surface area contributed by atoms with Gasteiger partial charge in [-0.25, -0.2) is 9.07 Å². The molecule has 0 aliphatic heterocycles. The van der Waals surface area contributed by atoms with Crippen LogP contribution in [0.5, 0.6) is 0 Å². The van der Waals surface area contributed by atoms with Crippen LogP contribution < -0.4 is 5.32 Å². The van der Waals surface area contributed by atoms with E-state index in [0.717, 1.165) is 16.8 Å². The van der Waals surface area contributed by atoms with Crippen LogP contribution in [0.1, 0.15) is 19.4 Å². The maximum Gasteiger partial charge on any atom is 0.156 e. The average molecular weight is 327 g/mol. The van der Waals surface area contributed by atoms with Crippen molar-refractivity contribution in [2.75, 3.05) is 0 Å². The minimum Gasteiger partial charge on any atom is -0.310 e. The van der Waals surface area contributed by atoms with Crippen LogP contribution in [0.25, 0.3) is 11.3 Å². The predicted molar refractivity (Wildman–Crippen MR) is 76.1 cm³/mol. The molecule has 0 bridgehead atoms. The minimum absolute atomic E-state index is 0.240. The molecule has 102 valence electrons. The number of hydrogen-bond acceptors (Lipinski definition) is 3. The van der Waals surface area contributed by atoms with E-state index < -0.39 is 0 Å². The largest absolute Gasteiger partial charge is 0.310 e. The zero-order valence-electron chi connectivity index (χ0n) is 11.1. The number of nitrogens with zero attached hydrogens (tertiary/aromatic N) is 3. The number of hydrogen-bond donors (Lipinski definition) is 1. The highest BCUT2D eigenvalue weighted by atomic mass is 79.9. The second-order valence-corrected chi connectivity index (χ2v) is 5.44. The normalized spacial score (nSPS) is 11.3. The Kier molecular flexibility index (Phi) is 4.31. The summed E-state index contributed by atoms with van der Waals surface area (Å²) < 4.78 is 15.8. The van der Waals surface area contributed by atoms with E-state index in [1.165, 1.54) is 6.07 Å². The highest BCUT2D eigenvalue weighted by molar-refractivity contribution is 9.10. The molecule has 0 fully saturated rings. The van der Waals surface area contributed by atoms with E-state index in [1.807, 2.05) is 7.05 Å². The van der Waals surface area contributed by atoms with Crippen molar-refractivity contribution >= 4 is 15.9 Å². The zero-order chi connectivity index (χ0) is 14.0. The van der Waals surface area contributed by atoms with Crippen LogP contribution in [0, 0.1) is 5.82 Å². The first-order valence-corrected chi connectivity index (χ1v) is 6.85. The number of benzene rings is 1. The Labute approximate surface area is 120 Å². The third-order valence-electron chi connectivity index (χ3n) is 2.81. The molecule has 2 aromatic rings. The van der Waals surface area contributed by atoms with Gasteiger partial charge >= 0.3 is 0 Å². The van der Waals surface area contributed by atoms with Gasteiger partial charge in [0.1, 0.15) is 11.5 Å². The third kappa shape index (κ3) is 3.19. The lowest BCUT2D eigenvalue weighted by atomic mass is 10.0. The molecule has 0 amide bonds. The van der Waals surface area contributed by atoms with Crippen LogP contribution >= 0.6 is 15.9 Å². The van der Waals surface area contributed by atoms with Gasteiger partial charge in [-0.2, -0.15) is 0 Å². The molecule has 1 heterocycles. The van der Waals surface area contributed by atoms with Gasteiger partial charge in [-0.15, -0.1) is 5.10 Å². The van der Waals surface area contributed by atoms with E-state index in [-0.39, 0.29) is 5.82 Å². The summed E-state index contributed by atoms with van der Waals surface area (Å²) in [4.78, 5) is 0. The van der Waals surface area contributed by atoms with E-state index in [0.29, 0.717) is 17.2 Å². The molecule has 19 heavy (non-hydrogen) atoms. The Balaban J connectivity index is 2.45. The first-order valence-electron chi connectivity index (χ1n) is 6.06. The summed E-state index contributed by atoms with van der Waals surface area (Å²) in [7, 11) is 1.82. The summed E-state index contributed by atoms with van der Waals surface area (Å²) in [6.07, 6.45) is 0. The van der Waals surface area contributed by atoms with Crippen LogP contribution in [0.2, 0.25) is 0 Å². The molecule has 6 heteroatoms. The summed E-state index contributed by atoms with van der Waals surface area (Å²) in [5, 5.41) is 11.2. The maximum atomic E-state index is 13.4. The average Bonchev–Trinajstić information content (AvgIpc) is 2.67. The maximum absolute atomic E-state index is 13.4. The number of nitrogens with one attached hydrogen (secondary N) is 1. The summed E-state index contributed by atoms with van der Waals surface area (Å²) in [5.41, 5.74) is 2.66. The second-order valence-electron chi connectivity index (χ2n) is 4.69. The number of rotatable bonds is 4. The lowest BCUT2D eigenvalue weighted by Crippen LogP contribution is -2.22. The molecule has 0 saturated heterocycles. The summed E-state index contributed by atoms with van der Waals surface area (Å²) in [5.74, 6) is -0.240. The fourth-order valence-corrected chi connectivity index (χ4v) is 2.41. The fourth-order valence-electron chi connectivity index (χ4n) is 1.87.